The summed E-state index contributed by atoms with van der Waals surface area (Å²) in [6, 6.07) is 6.09. The van der Waals surface area contributed by atoms with Gasteiger partial charge in [-0.2, -0.15) is 0 Å². The number of allylic oxidation sites excluding steroid dienone is 2. The normalized spacial score (nSPS) is 17.9. The van der Waals surface area contributed by atoms with Crippen LogP contribution in [0.25, 0.3) is 0 Å². The highest BCUT2D eigenvalue weighted by Crippen LogP contribution is 2.37. The highest BCUT2D eigenvalue weighted by Gasteiger charge is 2.22. The molecule has 4 nitrogen and oxygen atoms in total. The van der Waals surface area contributed by atoms with Crippen molar-refractivity contribution in [2.24, 2.45) is 0 Å². The number of carbonyl (C=O) groups is 1. The first-order chi connectivity index (χ1) is 11.7. The van der Waals surface area contributed by atoms with Crippen LogP contribution in [0.4, 0.5) is 5.69 Å². The third kappa shape index (κ3) is 3.74. The van der Waals surface area contributed by atoms with Gasteiger partial charge in [-0.3, -0.25) is 4.79 Å². The Hall–Kier alpha value is -1.97. The van der Waals surface area contributed by atoms with Crippen LogP contribution in [0.15, 0.2) is 30.0 Å². The predicted molar refractivity (Wildman–Crippen MR) is 95.8 cm³/mol. The van der Waals surface area contributed by atoms with Gasteiger partial charge >= 0.3 is 0 Å². The van der Waals surface area contributed by atoms with Crippen LogP contribution in [-0.4, -0.2) is 25.5 Å². The van der Waals surface area contributed by atoms with Crippen molar-refractivity contribution in [2.45, 2.75) is 58.0 Å². The smallest absolute Gasteiger partial charge is 0.163 e. The second-order valence-electron chi connectivity index (χ2n) is 6.61. The van der Waals surface area contributed by atoms with Crippen molar-refractivity contribution < 1.29 is 14.3 Å². The second kappa shape index (κ2) is 7.73. The number of hydrogen-bond acceptors (Lipinski definition) is 4. The van der Waals surface area contributed by atoms with Gasteiger partial charge in [-0.1, -0.05) is 6.92 Å². The van der Waals surface area contributed by atoms with Gasteiger partial charge in [0.25, 0.3) is 0 Å². The quantitative estimate of drug-likeness (QED) is 0.739. The maximum Gasteiger partial charge on any atom is 0.163 e. The lowest BCUT2D eigenvalue weighted by molar-refractivity contribution is -0.114. The molecule has 0 unspecified atom stereocenters. The summed E-state index contributed by atoms with van der Waals surface area (Å²) in [4.78, 5) is 13.9. The maximum absolute atomic E-state index is 11.6. The standard InChI is InChI=1S/C20H27NO3/c1-3-12-21(15-8-10-17(22)13-15)16-9-11-19(23-2)20(14-16)24-18-6-4-5-7-18/h9,11,13-14,18H,3-8,10,12H2,1-2H3. The van der Waals surface area contributed by atoms with Crippen LogP contribution in [0.2, 0.25) is 0 Å². The monoisotopic (exact) mass is 329 g/mol. The fourth-order valence-corrected chi connectivity index (χ4v) is 3.57. The molecule has 1 saturated carbocycles. The summed E-state index contributed by atoms with van der Waals surface area (Å²) in [7, 11) is 1.68. The molecule has 2 aliphatic carbocycles. The van der Waals surface area contributed by atoms with Gasteiger partial charge in [0, 0.05) is 36.5 Å². The van der Waals surface area contributed by atoms with Crippen molar-refractivity contribution >= 4 is 11.5 Å². The summed E-state index contributed by atoms with van der Waals surface area (Å²) in [6.07, 6.45) is 9.26. The molecule has 4 heteroatoms. The molecule has 0 aromatic heterocycles. The summed E-state index contributed by atoms with van der Waals surface area (Å²) in [6.45, 7) is 3.05. The molecule has 0 atom stereocenters. The molecule has 1 fully saturated rings. The molecule has 1 aromatic rings. The lowest BCUT2D eigenvalue weighted by atomic mass is 10.2. The van der Waals surface area contributed by atoms with Crippen molar-refractivity contribution in [1.29, 1.82) is 0 Å². The molecule has 0 amide bonds. The minimum Gasteiger partial charge on any atom is -0.493 e. The van der Waals surface area contributed by atoms with E-state index in [-0.39, 0.29) is 5.78 Å². The first-order valence-corrected chi connectivity index (χ1v) is 9.07. The minimum absolute atomic E-state index is 0.224. The molecule has 0 bridgehead atoms. The molecule has 1 aromatic carbocycles. The molecule has 130 valence electrons. The van der Waals surface area contributed by atoms with Crippen LogP contribution in [-0.2, 0) is 4.79 Å². The number of methoxy groups -OCH3 is 1. The zero-order valence-corrected chi connectivity index (χ0v) is 14.7. The first-order valence-electron chi connectivity index (χ1n) is 9.07. The van der Waals surface area contributed by atoms with Crippen LogP contribution in [0.1, 0.15) is 51.9 Å². The Morgan fingerprint density at radius 1 is 1.17 bits per heavy atom. The van der Waals surface area contributed by atoms with Crippen molar-refractivity contribution in [3.8, 4) is 11.5 Å². The Labute approximate surface area is 144 Å². The van der Waals surface area contributed by atoms with Crippen molar-refractivity contribution in [3.63, 3.8) is 0 Å². The largest absolute Gasteiger partial charge is 0.493 e. The SMILES string of the molecule is CCCN(C1=CC(=O)CC1)c1ccc(OC)c(OC2CCCC2)c1. The summed E-state index contributed by atoms with van der Waals surface area (Å²) in [5, 5.41) is 0. The van der Waals surface area contributed by atoms with Gasteiger partial charge in [0.15, 0.2) is 17.3 Å². The Kier molecular flexibility index (Phi) is 5.44. The molecule has 0 saturated heterocycles. The number of nitrogens with zero attached hydrogens (tertiary/aromatic N) is 1. The van der Waals surface area contributed by atoms with Gasteiger partial charge < -0.3 is 14.4 Å². The third-order valence-corrected chi connectivity index (χ3v) is 4.80. The number of ether oxygens (including phenoxy) is 2. The van der Waals surface area contributed by atoms with Gasteiger partial charge in [0.1, 0.15) is 0 Å². The van der Waals surface area contributed by atoms with Crippen molar-refractivity contribution in [2.75, 3.05) is 18.6 Å². The van der Waals surface area contributed by atoms with Gasteiger partial charge in [-0.15, -0.1) is 0 Å². The Bertz CT molecular complexity index is 617. The fraction of sp³-hybridized carbons (Fsp3) is 0.550. The molecule has 2 aliphatic rings. The second-order valence-corrected chi connectivity index (χ2v) is 6.61. The highest BCUT2D eigenvalue weighted by atomic mass is 16.5. The van der Waals surface area contributed by atoms with Crippen LogP contribution in [0.3, 0.4) is 0 Å². The molecule has 24 heavy (non-hydrogen) atoms. The average molecular weight is 329 g/mol. The first kappa shape index (κ1) is 16.9. The molecule has 0 aliphatic heterocycles. The molecular weight excluding hydrogens is 302 g/mol. The predicted octanol–water partition coefficient (Wildman–Crippen LogP) is 4.48. The molecule has 0 N–H and O–H groups in total. The van der Waals surface area contributed by atoms with Crippen LogP contribution >= 0.6 is 0 Å². The Morgan fingerprint density at radius 3 is 2.58 bits per heavy atom. The lowest BCUT2D eigenvalue weighted by Crippen LogP contribution is -2.22. The summed E-state index contributed by atoms with van der Waals surface area (Å²) in [5.74, 6) is 1.81. The van der Waals surface area contributed by atoms with Crippen molar-refractivity contribution in [3.05, 3.63) is 30.0 Å². The number of ketones is 1. The minimum atomic E-state index is 0.224. The average Bonchev–Trinajstić information content (AvgIpc) is 3.24. The van der Waals surface area contributed by atoms with E-state index in [4.69, 9.17) is 9.47 Å². The van der Waals surface area contributed by atoms with E-state index >= 15 is 0 Å². The van der Waals surface area contributed by atoms with Crippen LogP contribution in [0, 0.1) is 0 Å². The van der Waals surface area contributed by atoms with E-state index in [1.807, 2.05) is 6.07 Å². The summed E-state index contributed by atoms with van der Waals surface area (Å²) in [5.41, 5.74) is 2.19. The van der Waals surface area contributed by atoms with E-state index in [9.17, 15) is 4.79 Å². The van der Waals surface area contributed by atoms with Crippen LogP contribution < -0.4 is 14.4 Å². The van der Waals surface area contributed by atoms with E-state index in [1.165, 1.54) is 12.8 Å². The molecule has 3 rings (SSSR count). The van der Waals surface area contributed by atoms with E-state index in [2.05, 4.69) is 24.0 Å². The Balaban J connectivity index is 1.87. The van der Waals surface area contributed by atoms with E-state index < -0.39 is 0 Å². The fourth-order valence-electron chi connectivity index (χ4n) is 3.57. The molecule has 0 spiro atoms. The lowest BCUT2D eigenvalue weighted by Gasteiger charge is -2.27. The molecule has 0 heterocycles. The van der Waals surface area contributed by atoms with E-state index in [1.54, 1.807) is 13.2 Å². The van der Waals surface area contributed by atoms with Crippen LogP contribution in [0.5, 0.6) is 11.5 Å². The highest BCUT2D eigenvalue weighted by molar-refractivity contribution is 5.93. The zero-order valence-electron chi connectivity index (χ0n) is 14.7. The maximum atomic E-state index is 11.6. The van der Waals surface area contributed by atoms with Gasteiger partial charge in [0.2, 0.25) is 0 Å². The summed E-state index contributed by atoms with van der Waals surface area (Å²) < 4.78 is 11.7. The van der Waals surface area contributed by atoms with Gasteiger partial charge in [-0.05, 0) is 50.7 Å². The van der Waals surface area contributed by atoms with Gasteiger partial charge in [0.05, 0.1) is 13.2 Å². The third-order valence-electron chi connectivity index (χ3n) is 4.80. The van der Waals surface area contributed by atoms with E-state index in [0.717, 1.165) is 55.1 Å². The molecule has 0 radical (unpaired) electrons. The number of anilines is 1. The van der Waals surface area contributed by atoms with Gasteiger partial charge in [-0.25, -0.2) is 0 Å². The number of hydrogen-bond donors (Lipinski definition) is 0. The topological polar surface area (TPSA) is 38.8 Å². The van der Waals surface area contributed by atoms with Crippen molar-refractivity contribution in [1.82, 2.24) is 0 Å². The Morgan fingerprint density at radius 2 is 1.96 bits per heavy atom. The number of carbonyl (C=O) groups excluding carboxylic acids is 1. The van der Waals surface area contributed by atoms with E-state index in [0.29, 0.717) is 12.5 Å². The molecular formula is C20H27NO3. The zero-order chi connectivity index (χ0) is 16.9. The number of benzene rings is 1. The summed E-state index contributed by atoms with van der Waals surface area (Å²) >= 11 is 0. The number of rotatable bonds is 7.